The van der Waals surface area contributed by atoms with Crippen LogP contribution in [-0.4, -0.2) is 18.9 Å². The highest BCUT2D eigenvalue weighted by Gasteiger charge is 2.33. The Labute approximate surface area is 160 Å². The maximum atomic E-state index is 13.2. The van der Waals surface area contributed by atoms with E-state index in [1.807, 2.05) is 0 Å². The third kappa shape index (κ3) is 5.95. The number of alkyl halides is 3. The molecule has 28 heavy (non-hydrogen) atoms. The van der Waals surface area contributed by atoms with Gasteiger partial charge in [0, 0.05) is 18.5 Å². The van der Waals surface area contributed by atoms with E-state index in [1.165, 1.54) is 19.2 Å². The Balaban J connectivity index is 2.06. The fraction of sp³-hybridized carbons (Fsp3) is 0.200. The maximum absolute atomic E-state index is 13.2. The molecule has 0 aliphatic rings. The lowest BCUT2D eigenvalue weighted by Gasteiger charge is -2.14. The van der Waals surface area contributed by atoms with Gasteiger partial charge in [0.15, 0.2) is 0 Å². The van der Waals surface area contributed by atoms with E-state index in [1.54, 1.807) is 24.3 Å². The van der Waals surface area contributed by atoms with Crippen LogP contribution in [0.2, 0.25) is 0 Å². The quantitative estimate of drug-likeness (QED) is 0.696. The molecule has 8 heteroatoms. The zero-order valence-electron chi connectivity index (χ0n) is 15.1. The predicted molar refractivity (Wildman–Crippen MR) is 99.8 cm³/mol. The van der Waals surface area contributed by atoms with Crippen LogP contribution in [0.25, 0.3) is 0 Å². The first-order valence-electron chi connectivity index (χ1n) is 8.24. The first-order chi connectivity index (χ1) is 13.2. The van der Waals surface area contributed by atoms with E-state index in [0.717, 1.165) is 12.1 Å². The first kappa shape index (κ1) is 21.2. The van der Waals surface area contributed by atoms with Crippen molar-refractivity contribution in [1.82, 2.24) is 0 Å². The molecule has 2 N–H and O–H groups in total. The molecule has 2 aromatic rings. The van der Waals surface area contributed by atoms with Crippen LogP contribution < -0.4 is 10.6 Å². The number of benzene rings is 2. The summed E-state index contributed by atoms with van der Waals surface area (Å²) in [5.41, 5.74) is 0.366. The number of rotatable bonds is 7. The van der Waals surface area contributed by atoms with Gasteiger partial charge in [-0.2, -0.15) is 13.2 Å². The minimum Gasteiger partial charge on any atom is -0.380 e. The Morgan fingerprint density at radius 1 is 1.07 bits per heavy atom. The second-order valence-electron chi connectivity index (χ2n) is 5.92. The summed E-state index contributed by atoms with van der Waals surface area (Å²) in [6.45, 7) is 3.17. The van der Waals surface area contributed by atoms with Gasteiger partial charge in [-0.05, 0) is 41.5 Å². The minimum absolute atomic E-state index is 0.00911. The fourth-order valence-corrected chi connectivity index (χ4v) is 2.49. The molecular weight excluding hydrogens is 373 g/mol. The average Bonchev–Trinajstić information content (AvgIpc) is 2.63. The van der Waals surface area contributed by atoms with Crippen LogP contribution in [0.3, 0.4) is 0 Å². The van der Waals surface area contributed by atoms with Gasteiger partial charge in [0.05, 0.1) is 18.6 Å². The van der Waals surface area contributed by atoms with Crippen molar-refractivity contribution in [2.24, 2.45) is 0 Å². The maximum Gasteiger partial charge on any atom is 0.416 e. The highest BCUT2D eigenvalue weighted by atomic mass is 19.4. The molecule has 0 heterocycles. The zero-order valence-corrected chi connectivity index (χ0v) is 15.1. The van der Waals surface area contributed by atoms with Gasteiger partial charge >= 0.3 is 6.18 Å². The van der Waals surface area contributed by atoms with Crippen molar-refractivity contribution in [1.29, 1.82) is 0 Å². The van der Waals surface area contributed by atoms with Gasteiger partial charge in [0.2, 0.25) is 11.8 Å². The Morgan fingerprint density at radius 2 is 1.71 bits per heavy atom. The topological polar surface area (TPSA) is 67.4 Å². The second kappa shape index (κ2) is 9.18. The highest BCUT2D eigenvalue weighted by Crippen LogP contribution is 2.34. The molecule has 2 aromatic carbocycles. The number of hydrogen-bond acceptors (Lipinski definition) is 3. The van der Waals surface area contributed by atoms with Crippen LogP contribution in [0.15, 0.2) is 55.1 Å². The summed E-state index contributed by atoms with van der Waals surface area (Å²) < 4.78 is 44.3. The molecule has 2 rings (SSSR count). The van der Waals surface area contributed by atoms with Crippen molar-refractivity contribution in [3.05, 3.63) is 71.8 Å². The fourth-order valence-electron chi connectivity index (χ4n) is 2.49. The van der Waals surface area contributed by atoms with Crippen molar-refractivity contribution < 1.29 is 27.5 Å². The van der Waals surface area contributed by atoms with Crippen molar-refractivity contribution in [3.8, 4) is 0 Å². The summed E-state index contributed by atoms with van der Waals surface area (Å²) in [6.07, 6.45) is -3.45. The number of carbonyl (C=O) groups excluding carboxylic acids is 2. The summed E-state index contributed by atoms with van der Waals surface area (Å²) >= 11 is 0. The number of ether oxygens (including phenoxy) is 1. The summed E-state index contributed by atoms with van der Waals surface area (Å²) in [4.78, 5) is 23.4. The van der Waals surface area contributed by atoms with Crippen LogP contribution in [0, 0.1) is 0 Å². The third-order valence-electron chi connectivity index (χ3n) is 3.77. The molecule has 0 unspecified atom stereocenters. The van der Waals surface area contributed by atoms with Crippen molar-refractivity contribution in [3.63, 3.8) is 0 Å². The van der Waals surface area contributed by atoms with E-state index >= 15 is 0 Å². The lowest BCUT2D eigenvalue weighted by Crippen LogP contribution is -2.16. The Bertz CT molecular complexity index is 862. The second-order valence-corrected chi connectivity index (χ2v) is 5.92. The molecule has 0 aliphatic carbocycles. The summed E-state index contributed by atoms with van der Waals surface area (Å²) in [5.74, 6) is -0.821. The molecule has 0 saturated heterocycles. The van der Waals surface area contributed by atoms with Crippen LogP contribution >= 0.6 is 0 Å². The molecule has 0 radical (unpaired) electrons. The van der Waals surface area contributed by atoms with Crippen LogP contribution in [-0.2, 0) is 33.5 Å². The molecule has 0 bridgehead atoms. The summed E-state index contributed by atoms with van der Waals surface area (Å²) in [7, 11) is 1.31. The molecule has 0 aliphatic heterocycles. The van der Waals surface area contributed by atoms with Gasteiger partial charge in [0.1, 0.15) is 0 Å². The van der Waals surface area contributed by atoms with Gasteiger partial charge in [-0.3, -0.25) is 9.59 Å². The molecule has 0 spiro atoms. The number of nitrogens with one attached hydrogen (secondary N) is 2. The minimum atomic E-state index is -4.56. The normalized spacial score (nSPS) is 11.0. The predicted octanol–water partition coefficient (Wildman–Crippen LogP) is 4.16. The largest absolute Gasteiger partial charge is 0.416 e. The number of amides is 2. The van der Waals surface area contributed by atoms with Gasteiger partial charge in [-0.25, -0.2) is 0 Å². The molecule has 0 saturated carbocycles. The molecule has 148 valence electrons. The Morgan fingerprint density at radius 3 is 2.29 bits per heavy atom. The van der Waals surface area contributed by atoms with Gasteiger partial charge in [-0.1, -0.05) is 24.8 Å². The number of hydrogen-bond donors (Lipinski definition) is 2. The average molecular weight is 392 g/mol. The van der Waals surface area contributed by atoms with Crippen molar-refractivity contribution in [2.45, 2.75) is 19.2 Å². The molecule has 0 aromatic heterocycles. The molecule has 5 nitrogen and oxygen atoms in total. The van der Waals surface area contributed by atoms with E-state index in [2.05, 4.69) is 17.2 Å². The SMILES string of the molecule is C=CC(=O)Nc1ccc(CC(=O)Nc2ccc(COC)c(C(F)(F)F)c2)cc1. The van der Waals surface area contributed by atoms with Gasteiger partial charge in [0.25, 0.3) is 0 Å². The summed E-state index contributed by atoms with van der Waals surface area (Å²) in [6, 6.07) is 10.1. The summed E-state index contributed by atoms with van der Waals surface area (Å²) in [5, 5.41) is 5.04. The van der Waals surface area contributed by atoms with E-state index in [0.29, 0.717) is 11.3 Å². The first-order valence-corrected chi connectivity index (χ1v) is 8.24. The van der Waals surface area contributed by atoms with E-state index in [4.69, 9.17) is 4.74 Å². The zero-order chi connectivity index (χ0) is 20.7. The Kier molecular flexibility index (Phi) is 6.94. The lowest BCUT2D eigenvalue weighted by atomic mass is 10.1. The third-order valence-corrected chi connectivity index (χ3v) is 3.77. The Hall–Kier alpha value is -3.13. The monoisotopic (exact) mass is 392 g/mol. The lowest BCUT2D eigenvalue weighted by molar-refractivity contribution is -0.138. The van der Waals surface area contributed by atoms with E-state index < -0.39 is 17.6 Å². The van der Waals surface area contributed by atoms with Gasteiger partial charge in [-0.15, -0.1) is 0 Å². The molecular formula is C20H19F3N2O3. The molecule has 0 atom stereocenters. The standard InChI is InChI=1S/C20H19F3N2O3/c1-3-18(26)24-15-7-4-13(5-8-15)10-19(27)25-16-9-6-14(12-28-2)17(11-16)20(21,22)23/h3-9,11H,1,10,12H2,2H3,(H,24,26)(H,25,27). The van der Waals surface area contributed by atoms with Crippen molar-refractivity contribution >= 4 is 23.2 Å². The van der Waals surface area contributed by atoms with Gasteiger partial charge < -0.3 is 15.4 Å². The van der Waals surface area contributed by atoms with Crippen LogP contribution in [0.5, 0.6) is 0 Å². The number of carbonyl (C=O) groups is 2. The van der Waals surface area contributed by atoms with E-state index in [-0.39, 0.29) is 30.2 Å². The highest BCUT2D eigenvalue weighted by molar-refractivity contribution is 5.99. The number of anilines is 2. The van der Waals surface area contributed by atoms with Crippen LogP contribution in [0.1, 0.15) is 16.7 Å². The smallest absolute Gasteiger partial charge is 0.380 e. The molecule has 2 amide bonds. The van der Waals surface area contributed by atoms with E-state index in [9.17, 15) is 22.8 Å². The molecule has 0 fully saturated rings. The number of halogens is 3. The number of methoxy groups -OCH3 is 1. The van der Waals surface area contributed by atoms with Crippen LogP contribution in [0.4, 0.5) is 24.5 Å². The van der Waals surface area contributed by atoms with Crippen molar-refractivity contribution in [2.75, 3.05) is 17.7 Å².